The number of amides is 2. The molecule has 1 atom stereocenters. The van der Waals surface area contributed by atoms with E-state index in [2.05, 4.69) is 0 Å². The Kier molecular flexibility index (Phi) is 2.31. The fraction of sp³-hybridized carbons (Fsp3) is 0.778. The van der Waals surface area contributed by atoms with E-state index in [1.165, 1.54) is 4.90 Å². The quantitative estimate of drug-likeness (QED) is 0.579. The highest BCUT2D eigenvalue weighted by molar-refractivity contribution is 6.01. The van der Waals surface area contributed by atoms with Gasteiger partial charge in [0.15, 0.2) is 0 Å². The van der Waals surface area contributed by atoms with Crippen molar-refractivity contribution < 1.29 is 14.3 Å². The first-order valence-electron chi connectivity index (χ1n) is 4.72. The third-order valence-electron chi connectivity index (χ3n) is 2.57. The van der Waals surface area contributed by atoms with Gasteiger partial charge in [0, 0.05) is 19.4 Å². The van der Waals surface area contributed by atoms with E-state index in [1.54, 1.807) is 0 Å². The molecule has 72 valence electrons. The predicted molar refractivity (Wildman–Crippen MR) is 44.9 cm³/mol. The van der Waals surface area contributed by atoms with Gasteiger partial charge in [-0.25, -0.2) is 0 Å². The zero-order valence-electron chi connectivity index (χ0n) is 7.49. The second kappa shape index (κ2) is 3.46. The van der Waals surface area contributed by atoms with Crippen molar-refractivity contribution in [3.05, 3.63) is 0 Å². The van der Waals surface area contributed by atoms with Crippen LogP contribution in [0.2, 0.25) is 0 Å². The van der Waals surface area contributed by atoms with Crippen molar-refractivity contribution in [2.45, 2.75) is 31.8 Å². The van der Waals surface area contributed by atoms with Gasteiger partial charge in [0.1, 0.15) is 0 Å². The summed E-state index contributed by atoms with van der Waals surface area (Å²) < 4.78 is 5.37. The zero-order valence-corrected chi connectivity index (χ0v) is 7.49. The van der Waals surface area contributed by atoms with E-state index in [0.29, 0.717) is 19.4 Å². The second-order valence-electron chi connectivity index (χ2n) is 3.53. The van der Waals surface area contributed by atoms with Gasteiger partial charge in [-0.3, -0.25) is 14.5 Å². The fourth-order valence-corrected chi connectivity index (χ4v) is 1.82. The van der Waals surface area contributed by atoms with Gasteiger partial charge in [0.05, 0.1) is 12.6 Å². The molecule has 2 fully saturated rings. The smallest absolute Gasteiger partial charge is 0.229 e. The number of nitrogens with zero attached hydrogens (tertiary/aromatic N) is 1. The van der Waals surface area contributed by atoms with Crippen LogP contribution in [-0.4, -0.2) is 36.0 Å². The number of ether oxygens (including phenoxy) is 1. The van der Waals surface area contributed by atoms with Gasteiger partial charge in [-0.15, -0.1) is 0 Å². The van der Waals surface area contributed by atoms with Crippen LogP contribution in [0.4, 0.5) is 0 Å². The number of carbonyl (C=O) groups excluding carboxylic acids is 2. The third-order valence-corrected chi connectivity index (χ3v) is 2.57. The Morgan fingerprint density at radius 1 is 1.31 bits per heavy atom. The summed E-state index contributed by atoms with van der Waals surface area (Å²) in [6, 6.07) is 0. The number of likely N-dealkylation sites (tertiary alicyclic amines) is 1. The van der Waals surface area contributed by atoms with Crippen molar-refractivity contribution >= 4 is 11.8 Å². The average Bonchev–Trinajstić information content (AvgIpc) is 2.70. The van der Waals surface area contributed by atoms with E-state index in [-0.39, 0.29) is 17.9 Å². The molecule has 0 aromatic carbocycles. The lowest BCUT2D eigenvalue weighted by molar-refractivity contribution is -0.140. The molecule has 0 unspecified atom stereocenters. The van der Waals surface area contributed by atoms with E-state index in [9.17, 15) is 9.59 Å². The monoisotopic (exact) mass is 183 g/mol. The topological polar surface area (TPSA) is 46.6 Å². The molecule has 4 nitrogen and oxygen atoms in total. The first kappa shape index (κ1) is 8.69. The summed E-state index contributed by atoms with van der Waals surface area (Å²) in [5.74, 6) is -0.0824. The second-order valence-corrected chi connectivity index (χ2v) is 3.53. The van der Waals surface area contributed by atoms with Crippen LogP contribution in [0.15, 0.2) is 0 Å². The molecule has 0 aromatic heterocycles. The van der Waals surface area contributed by atoms with Crippen LogP contribution in [0.25, 0.3) is 0 Å². The maximum Gasteiger partial charge on any atom is 0.229 e. The Bertz CT molecular complexity index is 217. The standard InChI is InChI=1S/C9H13NO3/c11-8-3-4-9(12)10(8)6-7-2-1-5-13-7/h7H,1-6H2/t7-/m0/s1. The minimum Gasteiger partial charge on any atom is -0.376 e. The Hall–Kier alpha value is -0.900. The molecule has 0 saturated carbocycles. The number of hydrogen-bond acceptors (Lipinski definition) is 3. The number of hydrogen-bond donors (Lipinski definition) is 0. The lowest BCUT2D eigenvalue weighted by atomic mass is 10.2. The molecule has 0 aromatic rings. The summed E-state index contributed by atoms with van der Waals surface area (Å²) in [7, 11) is 0. The van der Waals surface area contributed by atoms with Gasteiger partial charge < -0.3 is 4.74 Å². The van der Waals surface area contributed by atoms with Crippen LogP contribution in [0.3, 0.4) is 0 Å². The molecule has 2 amide bonds. The summed E-state index contributed by atoms with van der Waals surface area (Å²) in [4.78, 5) is 23.8. The highest BCUT2D eigenvalue weighted by Gasteiger charge is 2.31. The van der Waals surface area contributed by atoms with E-state index >= 15 is 0 Å². The summed E-state index contributed by atoms with van der Waals surface area (Å²) in [6.07, 6.45) is 2.86. The molecular weight excluding hydrogens is 170 g/mol. The van der Waals surface area contributed by atoms with Crippen molar-refractivity contribution in [1.82, 2.24) is 4.90 Å². The highest BCUT2D eigenvalue weighted by Crippen LogP contribution is 2.18. The molecule has 2 aliphatic rings. The van der Waals surface area contributed by atoms with Crippen LogP contribution in [-0.2, 0) is 14.3 Å². The molecule has 2 saturated heterocycles. The van der Waals surface area contributed by atoms with Gasteiger partial charge in [-0.2, -0.15) is 0 Å². The van der Waals surface area contributed by atoms with Crippen LogP contribution in [0.5, 0.6) is 0 Å². The van der Waals surface area contributed by atoms with E-state index in [0.717, 1.165) is 19.4 Å². The maximum absolute atomic E-state index is 11.2. The molecule has 0 N–H and O–H groups in total. The lowest BCUT2D eigenvalue weighted by Gasteiger charge is -2.17. The molecule has 0 radical (unpaired) electrons. The molecule has 0 bridgehead atoms. The predicted octanol–water partition coefficient (Wildman–Crippen LogP) is 0.314. The largest absolute Gasteiger partial charge is 0.376 e. The van der Waals surface area contributed by atoms with Gasteiger partial charge in [-0.1, -0.05) is 0 Å². The molecule has 13 heavy (non-hydrogen) atoms. The third kappa shape index (κ3) is 1.72. The molecule has 0 aliphatic carbocycles. The van der Waals surface area contributed by atoms with Crippen molar-refractivity contribution in [2.24, 2.45) is 0 Å². The highest BCUT2D eigenvalue weighted by atomic mass is 16.5. The summed E-state index contributed by atoms with van der Waals surface area (Å²) in [5.41, 5.74) is 0. The lowest BCUT2D eigenvalue weighted by Crippen LogP contribution is -2.36. The van der Waals surface area contributed by atoms with Crippen LogP contribution in [0, 0.1) is 0 Å². The van der Waals surface area contributed by atoms with E-state index in [1.807, 2.05) is 0 Å². The van der Waals surface area contributed by atoms with Crippen LogP contribution < -0.4 is 0 Å². The maximum atomic E-state index is 11.2. The Balaban J connectivity index is 1.92. The van der Waals surface area contributed by atoms with Crippen LogP contribution >= 0.6 is 0 Å². The fourth-order valence-electron chi connectivity index (χ4n) is 1.82. The first-order valence-corrected chi connectivity index (χ1v) is 4.72. The van der Waals surface area contributed by atoms with Crippen molar-refractivity contribution in [2.75, 3.05) is 13.2 Å². The number of imide groups is 1. The van der Waals surface area contributed by atoms with Gasteiger partial charge in [0.2, 0.25) is 11.8 Å². The Labute approximate surface area is 76.8 Å². The molecule has 2 heterocycles. The number of rotatable bonds is 2. The zero-order chi connectivity index (χ0) is 9.26. The SMILES string of the molecule is O=C1CCC(=O)N1C[C@@H]1CCCO1. The summed E-state index contributed by atoms with van der Waals surface area (Å²) in [5, 5.41) is 0. The Morgan fingerprint density at radius 2 is 2.00 bits per heavy atom. The van der Waals surface area contributed by atoms with E-state index < -0.39 is 0 Å². The minimum absolute atomic E-state index is 0.0412. The van der Waals surface area contributed by atoms with Crippen LogP contribution in [0.1, 0.15) is 25.7 Å². The number of carbonyl (C=O) groups is 2. The first-order chi connectivity index (χ1) is 6.27. The van der Waals surface area contributed by atoms with Gasteiger partial charge in [-0.05, 0) is 12.8 Å². The average molecular weight is 183 g/mol. The summed E-state index contributed by atoms with van der Waals surface area (Å²) in [6.45, 7) is 1.23. The summed E-state index contributed by atoms with van der Waals surface area (Å²) >= 11 is 0. The molecular formula is C9H13NO3. The molecule has 2 rings (SSSR count). The minimum atomic E-state index is -0.0412. The molecule has 2 aliphatic heterocycles. The van der Waals surface area contributed by atoms with E-state index in [4.69, 9.17) is 4.74 Å². The van der Waals surface area contributed by atoms with Gasteiger partial charge >= 0.3 is 0 Å². The van der Waals surface area contributed by atoms with Crippen molar-refractivity contribution in [1.29, 1.82) is 0 Å². The normalized spacial score (nSPS) is 28.9. The molecule has 0 spiro atoms. The Morgan fingerprint density at radius 3 is 2.54 bits per heavy atom. The van der Waals surface area contributed by atoms with Crippen molar-refractivity contribution in [3.8, 4) is 0 Å². The van der Waals surface area contributed by atoms with Crippen molar-refractivity contribution in [3.63, 3.8) is 0 Å². The molecule has 4 heteroatoms. The van der Waals surface area contributed by atoms with Gasteiger partial charge in [0.25, 0.3) is 0 Å².